The number of carbonyl (C=O) groups excluding carboxylic acids is 1. The highest BCUT2D eigenvalue weighted by molar-refractivity contribution is 5.82. The molecule has 4 rings (SSSR count). The number of carbonyl (C=O) groups is 1. The first-order valence-electron chi connectivity index (χ1n) is 8.61. The normalized spacial score (nSPS) is 53.5. The second-order valence-corrected chi connectivity index (χ2v) is 8.29. The summed E-state index contributed by atoms with van der Waals surface area (Å²) in [6.07, 6.45) is 7.62. The molecule has 3 heteroatoms. The Bertz CT molecular complexity index is 567. The van der Waals surface area contributed by atoms with E-state index in [0.29, 0.717) is 18.8 Å². The summed E-state index contributed by atoms with van der Waals surface area (Å²) in [5, 5.41) is 10.9. The van der Waals surface area contributed by atoms with Crippen molar-refractivity contribution in [2.45, 2.75) is 63.6 Å². The molecule has 1 spiro atoms. The number of aliphatic hydroxyl groups excluding tert-OH is 1. The van der Waals surface area contributed by atoms with Crippen LogP contribution in [-0.4, -0.2) is 22.8 Å². The van der Waals surface area contributed by atoms with Gasteiger partial charge in [-0.1, -0.05) is 25.2 Å². The maximum absolute atomic E-state index is 12.5. The summed E-state index contributed by atoms with van der Waals surface area (Å²) in [4.78, 5) is 12.5. The lowest BCUT2D eigenvalue weighted by molar-refractivity contribution is -0.209. The van der Waals surface area contributed by atoms with Crippen LogP contribution in [0.1, 0.15) is 51.9 Å². The quantitative estimate of drug-likeness (QED) is 0.596. The van der Waals surface area contributed by atoms with Crippen LogP contribution in [0.15, 0.2) is 24.8 Å². The third-order valence-electron chi connectivity index (χ3n) is 7.46. The van der Waals surface area contributed by atoms with Crippen molar-refractivity contribution >= 4 is 5.97 Å². The molecule has 0 aromatic rings. The number of allylic oxidation sites excluding steroid dienone is 1. The van der Waals surface area contributed by atoms with E-state index in [9.17, 15) is 9.90 Å². The van der Waals surface area contributed by atoms with E-state index in [1.807, 2.05) is 0 Å². The van der Waals surface area contributed by atoms with E-state index in [2.05, 4.69) is 20.1 Å². The number of fused-ring (bicyclic) bond motifs is 3. The van der Waals surface area contributed by atoms with Gasteiger partial charge in [0, 0.05) is 12.3 Å². The van der Waals surface area contributed by atoms with Gasteiger partial charge in [0.05, 0.1) is 11.5 Å². The van der Waals surface area contributed by atoms with Crippen molar-refractivity contribution in [1.82, 2.24) is 0 Å². The second kappa shape index (κ2) is 4.25. The molecule has 0 amide bonds. The molecule has 0 aromatic heterocycles. The van der Waals surface area contributed by atoms with Crippen LogP contribution < -0.4 is 0 Å². The largest absolute Gasteiger partial charge is 0.455 e. The molecule has 1 saturated heterocycles. The Morgan fingerprint density at radius 1 is 1.41 bits per heavy atom. The number of aliphatic hydroxyl groups is 1. The van der Waals surface area contributed by atoms with Crippen LogP contribution in [0.3, 0.4) is 0 Å². The van der Waals surface area contributed by atoms with Gasteiger partial charge in [-0.15, -0.1) is 6.58 Å². The van der Waals surface area contributed by atoms with Crippen molar-refractivity contribution in [3.63, 3.8) is 0 Å². The average Bonchev–Trinajstić information content (AvgIpc) is 2.70. The number of hydrogen-bond donors (Lipinski definition) is 1. The van der Waals surface area contributed by atoms with Gasteiger partial charge in [-0.3, -0.25) is 4.79 Å². The highest BCUT2D eigenvalue weighted by Crippen LogP contribution is 2.67. The van der Waals surface area contributed by atoms with Crippen LogP contribution >= 0.6 is 0 Å². The number of hydrogen-bond acceptors (Lipinski definition) is 3. The SMILES string of the molecule is C=CC12CCC3C4(C)CCCC(=C)C4CC(O)C3(C1)OC2=O. The Labute approximate surface area is 132 Å². The van der Waals surface area contributed by atoms with E-state index in [4.69, 9.17) is 4.74 Å². The van der Waals surface area contributed by atoms with Gasteiger partial charge in [0.2, 0.25) is 0 Å². The molecule has 120 valence electrons. The molecule has 1 N–H and O–H groups in total. The first-order chi connectivity index (χ1) is 10.4. The molecule has 3 saturated carbocycles. The van der Waals surface area contributed by atoms with Crippen molar-refractivity contribution in [2.24, 2.45) is 22.7 Å². The van der Waals surface area contributed by atoms with E-state index in [0.717, 1.165) is 32.1 Å². The molecule has 3 aliphatic carbocycles. The molecule has 0 aromatic carbocycles. The Hall–Kier alpha value is -1.09. The topological polar surface area (TPSA) is 46.5 Å². The van der Waals surface area contributed by atoms with E-state index in [-0.39, 0.29) is 17.3 Å². The molecule has 3 nitrogen and oxygen atoms in total. The zero-order valence-corrected chi connectivity index (χ0v) is 13.4. The fourth-order valence-electron chi connectivity index (χ4n) is 6.26. The maximum Gasteiger partial charge on any atom is 0.316 e. The molecule has 0 radical (unpaired) electrons. The van der Waals surface area contributed by atoms with Crippen LogP contribution in [0.25, 0.3) is 0 Å². The molecule has 1 aliphatic heterocycles. The fourth-order valence-corrected chi connectivity index (χ4v) is 6.26. The Morgan fingerprint density at radius 3 is 2.91 bits per heavy atom. The molecule has 1 heterocycles. The minimum atomic E-state index is -0.688. The average molecular weight is 302 g/mol. The highest BCUT2D eigenvalue weighted by Gasteiger charge is 2.71. The van der Waals surface area contributed by atoms with Crippen molar-refractivity contribution in [1.29, 1.82) is 0 Å². The van der Waals surface area contributed by atoms with Crippen LogP contribution in [0.2, 0.25) is 0 Å². The lowest BCUT2D eigenvalue weighted by Gasteiger charge is -2.60. The van der Waals surface area contributed by atoms with Gasteiger partial charge in [0.25, 0.3) is 0 Å². The van der Waals surface area contributed by atoms with E-state index < -0.39 is 17.1 Å². The van der Waals surface area contributed by atoms with Gasteiger partial charge in [0.1, 0.15) is 5.60 Å². The Balaban J connectivity index is 1.80. The molecule has 6 atom stereocenters. The molecule has 22 heavy (non-hydrogen) atoms. The van der Waals surface area contributed by atoms with Crippen LogP contribution in [0, 0.1) is 22.7 Å². The molecule has 4 aliphatic rings. The minimum absolute atomic E-state index is 0.104. The fraction of sp³-hybridized carbons (Fsp3) is 0.737. The number of rotatable bonds is 1. The monoisotopic (exact) mass is 302 g/mol. The zero-order chi connectivity index (χ0) is 15.8. The third-order valence-corrected chi connectivity index (χ3v) is 7.46. The second-order valence-electron chi connectivity index (χ2n) is 8.29. The first kappa shape index (κ1) is 14.5. The van der Waals surface area contributed by atoms with Gasteiger partial charge in [-0.05, 0) is 49.9 Å². The lowest BCUT2D eigenvalue weighted by Crippen LogP contribution is -2.63. The molecule has 2 bridgehead atoms. The molecular formula is C19H26O3. The highest BCUT2D eigenvalue weighted by atomic mass is 16.6. The lowest BCUT2D eigenvalue weighted by atomic mass is 9.45. The molecule has 6 unspecified atom stereocenters. The van der Waals surface area contributed by atoms with E-state index in [1.54, 1.807) is 6.08 Å². The predicted molar refractivity (Wildman–Crippen MR) is 84.0 cm³/mol. The van der Waals surface area contributed by atoms with E-state index in [1.165, 1.54) is 5.57 Å². The molecule has 4 fully saturated rings. The van der Waals surface area contributed by atoms with Crippen LogP contribution in [0.5, 0.6) is 0 Å². The number of ether oxygens (including phenoxy) is 1. The minimum Gasteiger partial charge on any atom is -0.455 e. The third kappa shape index (κ3) is 1.49. The zero-order valence-electron chi connectivity index (χ0n) is 13.4. The Kier molecular flexibility index (Phi) is 2.80. The van der Waals surface area contributed by atoms with Gasteiger partial charge in [-0.25, -0.2) is 0 Å². The van der Waals surface area contributed by atoms with Gasteiger partial charge >= 0.3 is 5.97 Å². The van der Waals surface area contributed by atoms with Gasteiger partial charge in [0.15, 0.2) is 0 Å². The van der Waals surface area contributed by atoms with Crippen LogP contribution in [0.4, 0.5) is 0 Å². The standard InChI is InChI=1S/C19H26O3/c1-4-18-9-7-14-17(3)8-5-6-12(2)13(17)10-15(20)19(14,11-18)22-16(18)21/h4,13-15,20H,1-2,5-11H2,3H3. The summed E-state index contributed by atoms with van der Waals surface area (Å²) in [5.74, 6) is 0.438. The Morgan fingerprint density at radius 2 is 2.18 bits per heavy atom. The first-order valence-corrected chi connectivity index (χ1v) is 8.61. The van der Waals surface area contributed by atoms with Crippen LogP contribution in [-0.2, 0) is 9.53 Å². The van der Waals surface area contributed by atoms with Gasteiger partial charge < -0.3 is 9.84 Å². The molecular weight excluding hydrogens is 276 g/mol. The maximum atomic E-state index is 12.5. The predicted octanol–water partition coefficient (Wildman–Crippen LogP) is 3.38. The summed E-state index contributed by atoms with van der Waals surface area (Å²) < 4.78 is 5.94. The summed E-state index contributed by atoms with van der Waals surface area (Å²) in [5.41, 5.74) is 0.137. The van der Waals surface area contributed by atoms with Gasteiger partial charge in [-0.2, -0.15) is 0 Å². The van der Waals surface area contributed by atoms with E-state index >= 15 is 0 Å². The van der Waals surface area contributed by atoms with Crippen molar-refractivity contribution in [2.75, 3.05) is 0 Å². The summed E-state index contributed by atoms with van der Waals surface area (Å²) in [7, 11) is 0. The number of esters is 1. The van der Waals surface area contributed by atoms with Crippen molar-refractivity contribution < 1.29 is 14.6 Å². The van der Waals surface area contributed by atoms with Crippen molar-refractivity contribution in [3.05, 3.63) is 24.8 Å². The summed E-state index contributed by atoms with van der Waals surface area (Å²) >= 11 is 0. The summed E-state index contributed by atoms with van der Waals surface area (Å²) in [6.45, 7) is 10.5. The van der Waals surface area contributed by atoms with Crippen molar-refractivity contribution in [3.8, 4) is 0 Å². The summed E-state index contributed by atoms with van der Waals surface area (Å²) in [6, 6.07) is 0. The smallest absolute Gasteiger partial charge is 0.316 e.